The number of thioether (sulfide) groups is 1. The zero-order valence-corrected chi connectivity index (χ0v) is 10.6. The standard InChI is InChI=1S/C10H19NO2S2/c12-15(13)6-2-4-10(8-15)11-9-3-1-5-14-7-9/h9-11H,1-8H2. The van der Waals surface area contributed by atoms with Crippen LogP contribution in [-0.4, -0.2) is 43.5 Å². The van der Waals surface area contributed by atoms with E-state index in [1.807, 2.05) is 11.8 Å². The van der Waals surface area contributed by atoms with E-state index >= 15 is 0 Å². The Morgan fingerprint density at radius 1 is 1.13 bits per heavy atom. The van der Waals surface area contributed by atoms with Crippen LogP contribution >= 0.6 is 11.8 Å². The number of hydrogen-bond donors (Lipinski definition) is 1. The van der Waals surface area contributed by atoms with Crippen molar-refractivity contribution in [1.29, 1.82) is 0 Å². The Kier molecular flexibility index (Phi) is 3.96. The van der Waals surface area contributed by atoms with E-state index in [9.17, 15) is 8.42 Å². The Bertz CT molecular complexity index is 297. The summed E-state index contributed by atoms with van der Waals surface area (Å²) in [6.45, 7) is 0. The molecule has 0 bridgehead atoms. The van der Waals surface area contributed by atoms with E-state index in [-0.39, 0.29) is 6.04 Å². The first-order valence-corrected chi connectivity index (χ1v) is 8.67. The fourth-order valence-corrected chi connectivity index (χ4v) is 5.09. The highest BCUT2D eigenvalue weighted by Crippen LogP contribution is 2.19. The van der Waals surface area contributed by atoms with Crippen LogP contribution in [0.25, 0.3) is 0 Å². The first kappa shape index (κ1) is 11.7. The summed E-state index contributed by atoms with van der Waals surface area (Å²) < 4.78 is 22.9. The molecule has 2 unspecified atom stereocenters. The summed E-state index contributed by atoms with van der Waals surface area (Å²) >= 11 is 1.98. The van der Waals surface area contributed by atoms with Crippen molar-refractivity contribution in [3.05, 3.63) is 0 Å². The molecule has 0 aromatic heterocycles. The van der Waals surface area contributed by atoms with Gasteiger partial charge in [-0.25, -0.2) is 8.42 Å². The van der Waals surface area contributed by atoms with E-state index in [1.54, 1.807) is 0 Å². The molecule has 0 amide bonds. The van der Waals surface area contributed by atoms with Gasteiger partial charge >= 0.3 is 0 Å². The number of sulfone groups is 1. The molecule has 0 radical (unpaired) electrons. The third-order valence-corrected chi connectivity index (χ3v) is 6.13. The van der Waals surface area contributed by atoms with E-state index in [4.69, 9.17) is 0 Å². The first-order valence-electron chi connectivity index (χ1n) is 5.70. The molecule has 88 valence electrons. The van der Waals surface area contributed by atoms with Crippen LogP contribution in [-0.2, 0) is 9.84 Å². The first-order chi connectivity index (χ1) is 7.16. The van der Waals surface area contributed by atoms with Crippen LogP contribution in [0.3, 0.4) is 0 Å². The predicted molar refractivity (Wildman–Crippen MR) is 65.2 cm³/mol. The van der Waals surface area contributed by atoms with Gasteiger partial charge in [0.25, 0.3) is 0 Å². The third-order valence-electron chi connectivity index (χ3n) is 3.09. The molecule has 0 saturated carbocycles. The topological polar surface area (TPSA) is 46.2 Å². The van der Waals surface area contributed by atoms with Crippen molar-refractivity contribution < 1.29 is 8.42 Å². The Morgan fingerprint density at radius 3 is 2.60 bits per heavy atom. The maximum absolute atomic E-state index is 11.5. The molecule has 0 aromatic carbocycles. The fourth-order valence-electron chi connectivity index (χ4n) is 2.36. The molecule has 1 N–H and O–H groups in total. The molecule has 2 fully saturated rings. The SMILES string of the molecule is O=S1(=O)CCCC(NC2CCCSC2)C1. The minimum absolute atomic E-state index is 0.215. The van der Waals surface area contributed by atoms with Gasteiger partial charge in [-0.05, 0) is 31.4 Å². The summed E-state index contributed by atoms with van der Waals surface area (Å²) in [4.78, 5) is 0. The summed E-state index contributed by atoms with van der Waals surface area (Å²) in [7, 11) is -2.75. The maximum Gasteiger partial charge on any atom is 0.151 e. The van der Waals surface area contributed by atoms with Gasteiger partial charge in [0.2, 0.25) is 0 Å². The highest BCUT2D eigenvalue weighted by molar-refractivity contribution is 7.99. The molecule has 0 aliphatic carbocycles. The molecule has 2 rings (SSSR count). The van der Waals surface area contributed by atoms with Gasteiger partial charge in [-0.2, -0.15) is 11.8 Å². The van der Waals surface area contributed by atoms with Crippen molar-refractivity contribution in [3.8, 4) is 0 Å². The molecule has 2 aliphatic heterocycles. The number of nitrogens with one attached hydrogen (secondary N) is 1. The van der Waals surface area contributed by atoms with Gasteiger partial charge in [0.1, 0.15) is 0 Å². The third kappa shape index (κ3) is 3.64. The van der Waals surface area contributed by atoms with Gasteiger partial charge in [-0.3, -0.25) is 0 Å². The molecule has 3 nitrogen and oxygen atoms in total. The van der Waals surface area contributed by atoms with Gasteiger partial charge in [0.05, 0.1) is 11.5 Å². The van der Waals surface area contributed by atoms with E-state index in [0.717, 1.165) is 18.6 Å². The van der Waals surface area contributed by atoms with Crippen LogP contribution < -0.4 is 5.32 Å². The van der Waals surface area contributed by atoms with Crippen LogP contribution in [0.5, 0.6) is 0 Å². The summed E-state index contributed by atoms with van der Waals surface area (Å²) in [6, 6.07) is 0.759. The Labute approximate surface area is 96.3 Å². The average molecular weight is 249 g/mol. The molecule has 2 aliphatic rings. The van der Waals surface area contributed by atoms with Gasteiger partial charge in [0, 0.05) is 17.8 Å². The van der Waals surface area contributed by atoms with E-state index < -0.39 is 9.84 Å². The van der Waals surface area contributed by atoms with Gasteiger partial charge in [-0.1, -0.05) is 0 Å². The number of hydrogen-bond acceptors (Lipinski definition) is 4. The number of rotatable bonds is 2. The Hall–Kier alpha value is 0.260. The molecule has 2 saturated heterocycles. The van der Waals surface area contributed by atoms with Crippen molar-refractivity contribution in [2.24, 2.45) is 0 Å². The second-order valence-electron chi connectivity index (χ2n) is 4.53. The molecule has 0 spiro atoms. The van der Waals surface area contributed by atoms with Crippen LogP contribution in [0.15, 0.2) is 0 Å². The minimum Gasteiger partial charge on any atom is -0.309 e. The quantitative estimate of drug-likeness (QED) is 0.794. The normalized spacial score (nSPS) is 36.3. The van der Waals surface area contributed by atoms with Crippen molar-refractivity contribution in [1.82, 2.24) is 5.32 Å². The van der Waals surface area contributed by atoms with Gasteiger partial charge in [0.15, 0.2) is 9.84 Å². The molecule has 2 heterocycles. The van der Waals surface area contributed by atoms with Crippen LogP contribution in [0.4, 0.5) is 0 Å². The largest absolute Gasteiger partial charge is 0.309 e. The molecule has 15 heavy (non-hydrogen) atoms. The lowest BCUT2D eigenvalue weighted by atomic mass is 10.1. The second kappa shape index (κ2) is 5.06. The molecule has 5 heteroatoms. The monoisotopic (exact) mass is 249 g/mol. The lowest BCUT2D eigenvalue weighted by Crippen LogP contribution is -2.47. The lowest BCUT2D eigenvalue weighted by Gasteiger charge is -2.30. The van der Waals surface area contributed by atoms with Crippen molar-refractivity contribution in [2.75, 3.05) is 23.0 Å². The van der Waals surface area contributed by atoms with E-state index in [0.29, 0.717) is 17.5 Å². The molecule has 0 aromatic rings. The lowest BCUT2D eigenvalue weighted by molar-refractivity contribution is 0.413. The zero-order valence-electron chi connectivity index (χ0n) is 8.94. The molecular formula is C10H19NO2S2. The van der Waals surface area contributed by atoms with Crippen LogP contribution in [0.2, 0.25) is 0 Å². The summed E-state index contributed by atoms with van der Waals surface area (Å²) in [5.74, 6) is 3.16. The van der Waals surface area contributed by atoms with Crippen molar-refractivity contribution in [2.45, 2.75) is 37.8 Å². The fraction of sp³-hybridized carbons (Fsp3) is 1.00. The predicted octanol–water partition coefficient (Wildman–Crippen LogP) is 1.05. The smallest absolute Gasteiger partial charge is 0.151 e. The summed E-state index contributed by atoms with van der Waals surface area (Å²) in [5, 5.41) is 3.51. The Morgan fingerprint density at radius 2 is 1.93 bits per heavy atom. The van der Waals surface area contributed by atoms with Crippen LogP contribution in [0, 0.1) is 0 Å². The molecular weight excluding hydrogens is 230 g/mol. The highest BCUT2D eigenvalue weighted by atomic mass is 32.2. The second-order valence-corrected chi connectivity index (χ2v) is 7.91. The Balaban J connectivity index is 1.83. The van der Waals surface area contributed by atoms with Gasteiger partial charge in [-0.15, -0.1) is 0 Å². The average Bonchev–Trinajstić information content (AvgIpc) is 2.17. The van der Waals surface area contributed by atoms with Gasteiger partial charge < -0.3 is 5.32 Å². The zero-order chi connectivity index (χ0) is 10.7. The van der Waals surface area contributed by atoms with Crippen molar-refractivity contribution in [3.63, 3.8) is 0 Å². The highest BCUT2D eigenvalue weighted by Gasteiger charge is 2.26. The maximum atomic E-state index is 11.5. The summed E-state index contributed by atoms with van der Waals surface area (Å²) in [6.07, 6.45) is 4.34. The van der Waals surface area contributed by atoms with E-state index in [1.165, 1.54) is 18.6 Å². The molecule has 2 atom stereocenters. The minimum atomic E-state index is -2.75. The van der Waals surface area contributed by atoms with Crippen molar-refractivity contribution >= 4 is 21.6 Å². The van der Waals surface area contributed by atoms with E-state index in [2.05, 4.69) is 5.32 Å². The van der Waals surface area contributed by atoms with Crippen LogP contribution in [0.1, 0.15) is 25.7 Å². The summed E-state index contributed by atoms with van der Waals surface area (Å²) in [5.41, 5.74) is 0.